The second-order valence-corrected chi connectivity index (χ2v) is 9.52. The Hall–Kier alpha value is -5.23. The van der Waals surface area contributed by atoms with Gasteiger partial charge in [-0.15, -0.1) is 0 Å². The number of nitriles is 2. The van der Waals surface area contributed by atoms with E-state index in [-0.39, 0.29) is 5.57 Å². The number of benzene rings is 3. The Morgan fingerprint density at radius 2 is 1.51 bits per heavy atom. The van der Waals surface area contributed by atoms with Gasteiger partial charge in [-0.1, -0.05) is 115 Å². The summed E-state index contributed by atoms with van der Waals surface area (Å²) in [5.41, 5.74) is 6.50. The van der Waals surface area contributed by atoms with Crippen LogP contribution in [0.2, 0.25) is 0 Å². The summed E-state index contributed by atoms with van der Waals surface area (Å²) in [6, 6.07) is 31.7. The van der Waals surface area contributed by atoms with Crippen molar-refractivity contribution in [2.24, 2.45) is 0 Å². The van der Waals surface area contributed by atoms with E-state index in [0.29, 0.717) is 25.2 Å². The van der Waals surface area contributed by atoms with Crippen LogP contribution in [0.15, 0.2) is 132 Å². The van der Waals surface area contributed by atoms with Crippen LogP contribution in [0.5, 0.6) is 0 Å². The SMILES string of the molecule is N#C/C(=C/c1ccccc1)C(=O)NCc1cccc(CNC/C(C#N)=C(/C2=CC/C=C\C/C=C\2)c2ccccc2)c1. The van der Waals surface area contributed by atoms with Gasteiger partial charge in [0.1, 0.15) is 11.6 Å². The van der Waals surface area contributed by atoms with Crippen molar-refractivity contribution in [2.75, 3.05) is 6.54 Å². The number of hydrogen-bond donors (Lipinski definition) is 2. The first-order chi connectivity index (χ1) is 20.2. The number of amides is 1. The number of carbonyl (C=O) groups excluding carboxylic acids is 1. The van der Waals surface area contributed by atoms with Crippen molar-refractivity contribution < 1.29 is 4.79 Å². The Bertz CT molecular complexity index is 1580. The highest BCUT2D eigenvalue weighted by Gasteiger charge is 2.13. The lowest BCUT2D eigenvalue weighted by Gasteiger charge is -2.15. The molecule has 0 bridgehead atoms. The average molecular weight is 537 g/mol. The normalized spacial score (nSPS) is 15.2. The van der Waals surface area contributed by atoms with Crippen LogP contribution in [0.3, 0.4) is 0 Å². The third kappa shape index (κ3) is 8.63. The van der Waals surface area contributed by atoms with Crippen LogP contribution < -0.4 is 10.6 Å². The molecule has 0 spiro atoms. The molecule has 0 aromatic heterocycles. The second kappa shape index (κ2) is 15.4. The first-order valence-corrected chi connectivity index (χ1v) is 13.6. The highest BCUT2D eigenvalue weighted by atomic mass is 16.1. The van der Waals surface area contributed by atoms with E-state index >= 15 is 0 Å². The maximum atomic E-state index is 12.6. The minimum atomic E-state index is -0.412. The van der Waals surface area contributed by atoms with Crippen molar-refractivity contribution in [1.29, 1.82) is 10.5 Å². The molecule has 1 aliphatic rings. The zero-order valence-corrected chi connectivity index (χ0v) is 22.9. The van der Waals surface area contributed by atoms with Crippen molar-refractivity contribution in [3.05, 3.63) is 154 Å². The van der Waals surface area contributed by atoms with Gasteiger partial charge in [-0.05, 0) is 46.7 Å². The molecule has 0 saturated carbocycles. The Balaban J connectivity index is 1.43. The molecule has 202 valence electrons. The topological polar surface area (TPSA) is 88.7 Å². The van der Waals surface area contributed by atoms with E-state index in [1.165, 1.54) is 0 Å². The van der Waals surface area contributed by atoms with E-state index in [2.05, 4.69) is 47.1 Å². The van der Waals surface area contributed by atoms with Gasteiger partial charge in [0.15, 0.2) is 0 Å². The summed E-state index contributed by atoms with van der Waals surface area (Å²) >= 11 is 0. The summed E-state index contributed by atoms with van der Waals surface area (Å²) < 4.78 is 0. The molecule has 0 radical (unpaired) electrons. The van der Waals surface area contributed by atoms with E-state index in [9.17, 15) is 15.3 Å². The van der Waals surface area contributed by atoms with Crippen molar-refractivity contribution in [3.63, 3.8) is 0 Å². The van der Waals surface area contributed by atoms with E-state index in [0.717, 1.165) is 46.2 Å². The molecular weight excluding hydrogens is 504 g/mol. The number of nitrogens with zero attached hydrogens (tertiary/aromatic N) is 2. The van der Waals surface area contributed by atoms with Crippen LogP contribution >= 0.6 is 0 Å². The minimum Gasteiger partial charge on any atom is -0.347 e. The first kappa shape index (κ1) is 28.8. The average Bonchev–Trinajstić information content (AvgIpc) is 3.00. The van der Waals surface area contributed by atoms with E-state index in [1.807, 2.05) is 91.0 Å². The molecule has 2 N–H and O–H groups in total. The van der Waals surface area contributed by atoms with Crippen LogP contribution in [-0.2, 0) is 17.9 Å². The summed E-state index contributed by atoms with van der Waals surface area (Å²) in [7, 11) is 0. The molecule has 0 saturated heterocycles. The van der Waals surface area contributed by atoms with Gasteiger partial charge in [-0.25, -0.2) is 0 Å². The lowest BCUT2D eigenvalue weighted by Crippen LogP contribution is -2.24. The van der Waals surface area contributed by atoms with Crippen LogP contribution in [0.4, 0.5) is 0 Å². The van der Waals surface area contributed by atoms with Crippen molar-refractivity contribution in [3.8, 4) is 12.1 Å². The van der Waals surface area contributed by atoms with Gasteiger partial charge in [-0.3, -0.25) is 4.79 Å². The molecule has 5 heteroatoms. The Morgan fingerprint density at radius 3 is 2.24 bits per heavy atom. The number of allylic oxidation sites excluding steroid dienone is 7. The smallest absolute Gasteiger partial charge is 0.262 e. The first-order valence-electron chi connectivity index (χ1n) is 13.6. The lowest BCUT2D eigenvalue weighted by atomic mass is 9.91. The maximum Gasteiger partial charge on any atom is 0.262 e. The molecule has 0 atom stereocenters. The zero-order valence-electron chi connectivity index (χ0n) is 22.9. The fourth-order valence-corrected chi connectivity index (χ4v) is 4.54. The Labute approximate surface area is 242 Å². The maximum absolute atomic E-state index is 12.6. The van der Waals surface area contributed by atoms with E-state index < -0.39 is 5.91 Å². The number of nitrogens with one attached hydrogen (secondary N) is 2. The standard InChI is InChI=1S/C36H32N4O/c37-23-33(22-28-13-6-4-7-14-28)36(41)40-26-30-16-12-15-29(21-30)25-39-27-34(24-38)35(32-19-10-5-11-20-32)31-17-8-2-1-3-9-18-31/h1-2,4-7,9-22,39H,3,8,25-27H2,(H,40,41)/b2-1-,18-9-,31-17?,33-22-,35-34-. The van der Waals surface area contributed by atoms with Crippen LogP contribution in [0.1, 0.15) is 35.1 Å². The molecule has 3 aromatic rings. The predicted octanol–water partition coefficient (Wildman–Crippen LogP) is 6.81. The van der Waals surface area contributed by atoms with Crippen molar-refractivity contribution in [2.45, 2.75) is 25.9 Å². The quantitative estimate of drug-likeness (QED) is 0.169. The largest absolute Gasteiger partial charge is 0.347 e. The molecule has 4 rings (SSSR count). The highest BCUT2D eigenvalue weighted by Crippen LogP contribution is 2.29. The van der Waals surface area contributed by atoms with Crippen LogP contribution in [0.25, 0.3) is 11.6 Å². The van der Waals surface area contributed by atoms with Gasteiger partial charge in [0, 0.05) is 25.2 Å². The van der Waals surface area contributed by atoms with Gasteiger partial charge in [0.2, 0.25) is 0 Å². The lowest BCUT2D eigenvalue weighted by molar-refractivity contribution is -0.117. The molecule has 41 heavy (non-hydrogen) atoms. The Morgan fingerprint density at radius 1 is 0.805 bits per heavy atom. The zero-order chi connectivity index (χ0) is 28.7. The molecule has 5 nitrogen and oxygen atoms in total. The highest BCUT2D eigenvalue weighted by molar-refractivity contribution is 6.01. The summed E-state index contributed by atoms with van der Waals surface area (Å²) in [6.45, 7) is 1.28. The van der Waals surface area contributed by atoms with Gasteiger partial charge >= 0.3 is 0 Å². The predicted molar refractivity (Wildman–Crippen MR) is 165 cm³/mol. The molecule has 0 fully saturated rings. The Kier molecular flexibility index (Phi) is 10.8. The molecular formula is C36H32N4O. The summed E-state index contributed by atoms with van der Waals surface area (Å²) in [4.78, 5) is 12.6. The number of carbonyl (C=O) groups is 1. The molecule has 1 amide bonds. The van der Waals surface area contributed by atoms with Gasteiger partial charge in [-0.2, -0.15) is 10.5 Å². The van der Waals surface area contributed by atoms with Crippen molar-refractivity contribution in [1.82, 2.24) is 10.6 Å². The molecule has 0 aliphatic heterocycles. The summed E-state index contributed by atoms with van der Waals surface area (Å²) in [5.74, 6) is -0.412. The monoisotopic (exact) mass is 536 g/mol. The summed E-state index contributed by atoms with van der Waals surface area (Å²) in [6.07, 6.45) is 14.0. The van der Waals surface area contributed by atoms with Gasteiger partial charge < -0.3 is 10.6 Å². The van der Waals surface area contributed by atoms with Gasteiger partial charge in [0.05, 0.1) is 11.6 Å². The third-order valence-corrected chi connectivity index (χ3v) is 6.55. The number of rotatable bonds is 10. The molecule has 0 heterocycles. The third-order valence-electron chi connectivity index (χ3n) is 6.55. The number of hydrogen-bond acceptors (Lipinski definition) is 4. The molecule has 1 aliphatic carbocycles. The van der Waals surface area contributed by atoms with E-state index in [1.54, 1.807) is 6.08 Å². The summed E-state index contributed by atoms with van der Waals surface area (Å²) in [5, 5.41) is 25.9. The van der Waals surface area contributed by atoms with Crippen molar-refractivity contribution >= 4 is 17.6 Å². The van der Waals surface area contributed by atoms with Gasteiger partial charge in [0.25, 0.3) is 5.91 Å². The van der Waals surface area contributed by atoms with E-state index in [4.69, 9.17) is 0 Å². The fourth-order valence-electron chi connectivity index (χ4n) is 4.54. The minimum absolute atomic E-state index is 0.0596. The van der Waals surface area contributed by atoms with Crippen LogP contribution in [0, 0.1) is 22.7 Å². The van der Waals surface area contributed by atoms with Crippen LogP contribution in [-0.4, -0.2) is 12.5 Å². The fraction of sp³-hybridized carbons (Fsp3) is 0.139. The molecule has 3 aromatic carbocycles. The molecule has 0 unspecified atom stereocenters. The second-order valence-electron chi connectivity index (χ2n) is 9.52.